The molecule has 3 rings (SSSR count). The van der Waals surface area contributed by atoms with Gasteiger partial charge in [0.25, 0.3) is 0 Å². The second-order valence-electron chi connectivity index (χ2n) is 4.10. The van der Waals surface area contributed by atoms with Gasteiger partial charge in [-0.2, -0.15) is 15.4 Å². The third-order valence-corrected chi connectivity index (χ3v) is 3.91. The van der Waals surface area contributed by atoms with Crippen LogP contribution in [0, 0.1) is 0 Å². The minimum atomic E-state index is 0.760. The van der Waals surface area contributed by atoms with Crippen LogP contribution in [0.1, 0.15) is 5.69 Å². The second kappa shape index (κ2) is 5.27. The standard InChI is InChI=1S/C13H13N5S/c1-18-12(10-5-3-2-4-6-10)8-14-13(18)19-9-11-7-15-17-16-11/h2-8H,9H2,1H3,(H,15,16,17). The van der Waals surface area contributed by atoms with E-state index in [2.05, 4.69) is 37.1 Å². The van der Waals surface area contributed by atoms with Crippen molar-refractivity contribution in [2.45, 2.75) is 10.9 Å². The van der Waals surface area contributed by atoms with Crippen LogP contribution in [0.4, 0.5) is 0 Å². The van der Waals surface area contributed by atoms with Gasteiger partial charge in [-0.15, -0.1) is 0 Å². The lowest BCUT2D eigenvalue weighted by Gasteiger charge is -2.04. The number of aromatic amines is 1. The van der Waals surface area contributed by atoms with Crippen LogP contribution in [0.5, 0.6) is 0 Å². The number of benzene rings is 1. The summed E-state index contributed by atoms with van der Waals surface area (Å²) in [4.78, 5) is 4.46. The van der Waals surface area contributed by atoms with Crippen molar-refractivity contribution < 1.29 is 0 Å². The van der Waals surface area contributed by atoms with Crippen LogP contribution >= 0.6 is 11.8 Å². The van der Waals surface area contributed by atoms with Crippen molar-refractivity contribution in [2.24, 2.45) is 7.05 Å². The van der Waals surface area contributed by atoms with Gasteiger partial charge >= 0.3 is 0 Å². The summed E-state index contributed by atoms with van der Waals surface area (Å²) in [5.74, 6) is 0.760. The molecular formula is C13H13N5S. The third kappa shape index (κ3) is 2.53. The first kappa shape index (κ1) is 12.0. The Morgan fingerprint density at radius 3 is 2.79 bits per heavy atom. The number of hydrogen-bond donors (Lipinski definition) is 1. The molecule has 0 amide bonds. The number of nitrogens with one attached hydrogen (secondary N) is 1. The number of nitrogens with zero attached hydrogens (tertiary/aromatic N) is 4. The molecule has 0 aliphatic heterocycles. The van der Waals surface area contributed by atoms with Crippen LogP contribution in [-0.4, -0.2) is 25.0 Å². The first-order chi connectivity index (χ1) is 9.34. The maximum atomic E-state index is 4.46. The summed E-state index contributed by atoms with van der Waals surface area (Å²) in [6, 6.07) is 10.3. The predicted molar refractivity (Wildman–Crippen MR) is 74.6 cm³/mol. The number of hydrogen-bond acceptors (Lipinski definition) is 4. The molecule has 96 valence electrons. The fourth-order valence-electron chi connectivity index (χ4n) is 1.84. The van der Waals surface area contributed by atoms with E-state index in [9.17, 15) is 0 Å². The van der Waals surface area contributed by atoms with Crippen LogP contribution in [0.25, 0.3) is 11.3 Å². The van der Waals surface area contributed by atoms with Crippen LogP contribution in [0.15, 0.2) is 47.9 Å². The summed E-state index contributed by atoms with van der Waals surface area (Å²) in [6.45, 7) is 0. The summed E-state index contributed by atoms with van der Waals surface area (Å²) in [5, 5.41) is 11.4. The monoisotopic (exact) mass is 271 g/mol. The van der Waals surface area contributed by atoms with Gasteiger partial charge in [0.1, 0.15) is 0 Å². The molecule has 3 aromatic rings. The van der Waals surface area contributed by atoms with Crippen molar-refractivity contribution in [1.29, 1.82) is 0 Å². The van der Waals surface area contributed by atoms with Gasteiger partial charge in [-0.05, 0) is 5.56 Å². The normalized spacial score (nSPS) is 10.8. The lowest BCUT2D eigenvalue weighted by Crippen LogP contribution is -1.94. The maximum absolute atomic E-state index is 4.46. The second-order valence-corrected chi connectivity index (χ2v) is 5.04. The Morgan fingerprint density at radius 1 is 1.21 bits per heavy atom. The highest BCUT2D eigenvalue weighted by atomic mass is 32.2. The van der Waals surface area contributed by atoms with Crippen molar-refractivity contribution in [3.05, 3.63) is 48.4 Å². The van der Waals surface area contributed by atoms with Crippen molar-refractivity contribution in [1.82, 2.24) is 25.0 Å². The molecule has 0 aliphatic rings. The lowest BCUT2D eigenvalue weighted by atomic mass is 10.2. The quantitative estimate of drug-likeness (QED) is 0.741. The fourth-order valence-corrected chi connectivity index (χ4v) is 2.67. The summed E-state index contributed by atoms with van der Waals surface area (Å²) < 4.78 is 2.10. The molecule has 1 aromatic carbocycles. The molecule has 0 spiro atoms. The van der Waals surface area contributed by atoms with E-state index in [0.717, 1.165) is 22.3 Å². The van der Waals surface area contributed by atoms with Crippen LogP contribution in [0.2, 0.25) is 0 Å². The smallest absolute Gasteiger partial charge is 0.168 e. The van der Waals surface area contributed by atoms with Gasteiger partial charge in [0.05, 0.1) is 23.8 Å². The Bertz CT molecular complexity index is 645. The fraction of sp³-hybridized carbons (Fsp3) is 0.154. The molecule has 1 N–H and O–H groups in total. The van der Waals surface area contributed by atoms with Crippen molar-refractivity contribution >= 4 is 11.8 Å². The van der Waals surface area contributed by atoms with Gasteiger partial charge in [0.15, 0.2) is 5.16 Å². The molecule has 0 atom stereocenters. The van der Waals surface area contributed by atoms with Gasteiger partial charge in [0.2, 0.25) is 0 Å². The van der Waals surface area contributed by atoms with E-state index in [1.165, 1.54) is 5.56 Å². The molecule has 2 aromatic heterocycles. The average molecular weight is 271 g/mol. The van der Waals surface area contributed by atoms with Crippen molar-refractivity contribution in [3.63, 3.8) is 0 Å². The minimum absolute atomic E-state index is 0.760. The Morgan fingerprint density at radius 2 is 2.05 bits per heavy atom. The first-order valence-corrected chi connectivity index (χ1v) is 6.88. The number of imidazole rings is 1. The zero-order chi connectivity index (χ0) is 13.1. The number of rotatable bonds is 4. The Hall–Kier alpha value is -2.08. The third-order valence-electron chi connectivity index (χ3n) is 2.83. The lowest BCUT2D eigenvalue weighted by molar-refractivity contribution is 0.796. The first-order valence-electron chi connectivity index (χ1n) is 5.89. The molecule has 19 heavy (non-hydrogen) atoms. The minimum Gasteiger partial charge on any atom is -0.322 e. The van der Waals surface area contributed by atoms with Crippen molar-refractivity contribution in [2.75, 3.05) is 0 Å². The molecule has 0 saturated carbocycles. The van der Waals surface area contributed by atoms with E-state index in [4.69, 9.17) is 0 Å². The highest BCUT2D eigenvalue weighted by Gasteiger charge is 2.09. The average Bonchev–Trinajstić information content (AvgIpc) is 3.07. The van der Waals surface area contributed by atoms with Crippen LogP contribution in [-0.2, 0) is 12.8 Å². The molecule has 0 aliphatic carbocycles. The van der Waals surface area contributed by atoms with Crippen LogP contribution < -0.4 is 0 Å². The van der Waals surface area contributed by atoms with E-state index < -0.39 is 0 Å². The van der Waals surface area contributed by atoms with Gasteiger partial charge in [-0.25, -0.2) is 4.98 Å². The summed E-state index contributed by atoms with van der Waals surface area (Å²) in [6.07, 6.45) is 3.63. The summed E-state index contributed by atoms with van der Waals surface area (Å²) in [7, 11) is 2.03. The van der Waals surface area contributed by atoms with Gasteiger partial charge in [0, 0.05) is 12.8 Å². The Kier molecular flexibility index (Phi) is 3.33. The van der Waals surface area contributed by atoms with E-state index >= 15 is 0 Å². The highest BCUT2D eigenvalue weighted by molar-refractivity contribution is 7.98. The van der Waals surface area contributed by atoms with E-state index in [1.54, 1.807) is 18.0 Å². The molecule has 2 heterocycles. The van der Waals surface area contributed by atoms with Crippen LogP contribution in [0.3, 0.4) is 0 Å². The van der Waals surface area contributed by atoms with Gasteiger partial charge < -0.3 is 4.57 Å². The summed E-state index contributed by atoms with van der Waals surface area (Å²) >= 11 is 1.65. The number of H-pyrrole nitrogens is 1. The SMILES string of the molecule is Cn1c(-c2ccccc2)cnc1SCc1cn[nH]n1. The predicted octanol–water partition coefficient (Wildman–Crippen LogP) is 2.50. The van der Waals surface area contributed by atoms with E-state index in [0.29, 0.717) is 0 Å². The maximum Gasteiger partial charge on any atom is 0.168 e. The molecule has 0 unspecified atom stereocenters. The molecule has 5 nitrogen and oxygen atoms in total. The topological polar surface area (TPSA) is 59.4 Å². The van der Waals surface area contributed by atoms with Gasteiger partial charge in [-0.1, -0.05) is 42.1 Å². The Labute approximate surface area is 115 Å². The molecule has 0 saturated heterocycles. The van der Waals surface area contributed by atoms with Gasteiger partial charge in [-0.3, -0.25) is 0 Å². The molecular weight excluding hydrogens is 258 g/mol. The zero-order valence-electron chi connectivity index (χ0n) is 10.4. The zero-order valence-corrected chi connectivity index (χ0v) is 11.3. The number of thioether (sulfide) groups is 1. The van der Waals surface area contributed by atoms with E-state index in [-0.39, 0.29) is 0 Å². The largest absolute Gasteiger partial charge is 0.322 e. The molecule has 0 fully saturated rings. The molecule has 0 bridgehead atoms. The summed E-state index contributed by atoms with van der Waals surface area (Å²) in [5.41, 5.74) is 3.21. The molecule has 6 heteroatoms. The van der Waals surface area contributed by atoms with Crippen molar-refractivity contribution in [3.8, 4) is 11.3 Å². The number of aromatic nitrogens is 5. The molecule has 0 radical (unpaired) electrons. The highest BCUT2D eigenvalue weighted by Crippen LogP contribution is 2.26. The van der Waals surface area contributed by atoms with E-state index in [1.807, 2.05) is 31.4 Å². The Balaban J connectivity index is 1.79.